The number of aryl methyl sites for hydroxylation is 1. The summed E-state index contributed by atoms with van der Waals surface area (Å²) in [5, 5.41) is 0. The molecular weight excluding hydrogens is 308 g/mol. The summed E-state index contributed by atoms with van der Waals surface area (Å²) in [7, 11) is 2.17. The van der Waals surface area contributed by atoms with Gasteiger partial charge in [-0.05, 0) is 24.0 Å². The summed E-state index contributed by atoms with van der Waals surface area (Å²) in [4.78, 5) is 7.21. The Morgan fingerprint density at radius 3 is 2.52 bits per heavy atom. The van der Waals surface area contributed by atoms with Crippen LogP contribution in [0.5, 0.6) is 0 Å². The number of aromatic nitrogens is 3. The largest absolute Gasteiger partial charge is 0.354 e. The van der Waals surface area contributed by atoms with Gasteiger partial charge in [-0.15, -0.1) is 0 Å². The van der Waals surface area contributed by atoms with Crippen molar-refractivity contribution in [2.45, 2.75) is 52.1 Å². The van der Waals surface area contributed by atoms with Gasteiger partial charge in [-0.3, -0.25) is 4.40 Å². The van der Waals surface area contributed by atoms with Gasteiger partial charge in [0.2, 0.25) is 5.78 Å². The number of anilines is 1. The van der Waals surface area contributed by atoms with Gasteiger partial charge in [0, 0.05) is 30.5 Å². The Morgan fingerprint density at radius 1 is 1.04 bits per heavy atom. The van der Waals surface area contributed by atoms with E-state index in [2.05, 4.69) is 91.0 Å². The molecule has 4 nitrogen and oxygen atoms in total. The van der Waals surface area contributed by atoms with Crippen molar-refractivity contribution in [1.82, 2.24) is 14.0 Å². The lowest BCUT2D eigenvalue weighted by atomic mass is 9.52. The zero-order valence-electron chi connectivity index (χ0n) is 16.0. The molecule has 0 spiro atoms. The fourth-order valence-corrected chi connectivity index (χ4v) is 5.50. The number of hydrogen-bond acceptors (Lipinski definition) is 2. The monoisotopic (exact) mass is 334 g/mol. The van der Waals surface area contributed by atoms with E-state index in [0.717, 1.165) is 12.3 Å². The number of rotatable bonds is 0. The van der Waals surface area contributed by atoms with Gasteiger partial charge >= 0.3 is 0 Å². The molecule has 5 rings (SSSR count). The molecule has 0 radical (unpaired) electrons. The maximum absolute atomic E-state index is 4.59. The van der Waals surface area contributed by atoms with Crippen molar-refractivity contribution in [3.8, 4) is 0 Å². The Hall–Kier alpha value is -2.23. The Labute approximate surface area is 149 Å². The van der Waals surface area contributed by atoms with Gasteiger partial charge in [0.15, 0.2) is 0 Å². The van der Waals surface area contributed by atoms with Crippen molar-refractivity contribution in [2.75, 3.05) is 4.90 Å². The molecule has 3 aromatic rings. The standard InChI is InChI=1S/C21H26N4/c1-19(2)14-9-7-8-10-15(14)25-13-16-17(21(25,5)20(19,3)4)23(6)18-22-11-12-24(16)18/h7-12H,13H2,1-6H3. The lowest BCUT2D eigenvalue weighted by Gasteiger charge is -2.61. The van der Waals surface area contributed by atoms with Crippen molar-refractivity contribution in [3.63, 3.8) is 0 Å². The van der Waals surface area contributed by atoms with Crippen LogP contribution in [0.2, 0.25) is 0 Å². The highest BCUT2D eigenvalue weighted by Crippen LogP contribution is 2.64. The first kappa shape index (κ1) is 15.1. The lowest BCUT2D eigenvalue weighted by Crippen LogP contribution is -2.61. The zero-order valence-corrected chi connectivity index (χ0v) is 16.0. The fraction of sp³-hybridized carbons (Fsp3) is 0.476. The average Bonchev–Trinajstić information content (AvgIpc) is 3.22. The van der Waals surface area contributed by atoms with Crippen LogP contribution in [-0.4, -0.2) is 14.0 Å². The highest BCUT2D eigenvalue weighted by molar-refractivity contribution is 5.68. The van der Waals surface area contributed by atoms with E-state index in [1.807, 2.05) is 6.20 Å². The SMILES string of the molecule is Cn1c2c(n3ccnc13)CN1c3ccccc3C(C)(C)C(C)(C)C21C. The molecule has 0 saturated carbocycles. The summed E-state index contributed by atoms with van der Waals surface area (Å²) in [5.74, 6) is 1.04. The molecule has 4 heteroatoms. The molecule has 0 fully saturated rings. The van der Waals surface area contributed by atoms with Crippen molar-refractivity contribution in [2.24, 2.45) is 12.5 Å². The predicted octanol–water partition coefficient (Wildman–Crippen LogP) is 4.23. The van der Waals surface area contributed by atoms with E-state index in [4.69, 9.17) is 0 Å². The molecule has 130 valence electrons. The van der Waals surface area contributed by atoms with E-state index in [1.54, 1.807) is 0 Å². The molecule has 0 amide bonds. The number of fused-ring (bicyclic) bond motifs is 7. The van der Waals surface area contributed by atoms with Crippen molar-refractivity contribution >= 4 is 11.5 Å². The number of benzene rings is 1. The minimum Gasteiger partial charge on any atom is -0.354 e. The molecule has 0 N–H and O–H groups in total. The Morgan fingerprint density at radius 2 is 1.76 bits per heavy atom. The maximum Gasteiger partial charge on any atom is 0.214 e. The van der Waals surface area contributed by atoms with Crippen LogP contribution in [0, 0.1) is 5.41 Å². The van der Waals surface area contributed by atoms with Crippen LogP contribution in [0.1, 0.15) is 51.6 Å². The number of nitrogens with zero attached hydrogens (tertiary/aromatic N) is 4. The highest BCUT2D eigenvalue weighted by atomic mass is 15.3. The van der Waals surface area contributed by atoms with Crippen LogP contribution in [0.4, 0.5) is 5.69 Å². The number of imidazole rings is 2. The van der Waals surface area contributed by atoms with E-state index in [1.165, 1.54) is 22.6 Å². The Balaban J connectivity index is 1.91. The maximum atomic E-state index is 4.59. The first-order valence-corrected chi connectivity index (χ1v) is 9.11. The molecule has 0 bridgehead atoms. The van der Waals surface area contributed by atoms with Crippen LogP contribution in [0.25, 0.3) is 5.78 Å². The van der Waals surface area contributed by atoms with E-state index in [9.17, 15) is 0 Å². The molecule has 25 heavy (non-hydrogen) atoms. The lowest BCUT2D eigenvalue weighted by molar-refractivity contribution is 0.0641. The molecule has 1 aromatic carbocycles. The van der Waals surface area contributed by atoms with Gasteiger partial charge in [0.1, 0.15) is 0 Å². The van der Waals surface area contributed by atoms with Crippen molar-refractivity contribution < 1.29 is 0 Å². The second kappa shape index (κ2) is 4.12. The van der Waals surface area contributed by atoms with E-state index in [-0.39, 0.29) is 16.4 Å². The second-order valence-electron chi connectivity index (χ2n) is 8.88. The van der Waals surface area contributed by atoms with Gasteiger partial charge in [-0.25, -0.2) is 4.98 Å². The molecule has 1 atom stereocenters. The summed E-state index contributed by atoms with van der Waals surface area (Å²) in [6.45, 7) is 13.0. The first-order valence-electron chi connectivity index (χ1n) is 9.11. The average molecular weight is 334 g/mol. The number of hydrogen-bond donors (Lipinski definition) is 0. The van der Waals surface area contributed by atoms with E-state index >= 15 is 0 Å². The van der Waals surface area contributed by atoms with Crippen molar-refractivity contribution in [3.05, 3.63) is 53.6 Å². The molecule has 2 aromatic heterocycles. The molecular formula is C21H26N4. The third-order valence-corrected chi connectivity index (χ3v) is 7.78. The van der Waals surface area contributed by atoms with Gasteiger partial charge in [-0.1, -0.05) is 45.9 Å². The van der Waals surface area contributed by atoms with Gasteiger partial charge in [0.05, 0.1) is 23.5 Å². The molecule has 2 aliphatic rings. The molecule has 0 saturated heterocycles. The van der Waals surface area contributed by atoms with E-state index < -0.39 is 0 Å². The van der Waals surface area contributed by atoms with Gasteiger partial charge < -0.3 is 9.47 Å². The van der Waals surface area contributed by atoms with E-state index in [0.29, 0.717) is 0 Å². The summed E-state index contributed by atoms with van der Waals surface area (Å²) in [6, 6.07) is 8.95. The molecule has 1 unspecified atom stereocenters. The predicted molar refractivity (Wildman–Crippen MR) is 101 cm³/mol. The minimum absolute atomic E-state index is 0.0454. The topological polar surface area (TPSA) is 25.5 Å². The Kier molecular flexibility index (Phi) is 2.48. The number of para-hydroxylation sites is 1. The van der Waals surface area contributed by atoms with Crippen LogP contribution in [0.15, 0.2) is 36.7 Å². The smallest absolute Gasteiger partial charge is 0.214 e. The summed E-state index contributed by atoms with van der Waals surface area (Å²) in [6.07, 6.45) is 4.00. The zero-order chi connectivity index (χ0) is 17.8. The third-order valence-electron chi connectivity index (χ3n) is 7.78. The van der Waals surface area contributed by atoms with Crippen LogP contribution >= 0.6 is 0 Å². The van der Waals surface area contributed by atoms with Crippen LogP contribution < -0.4 is 4.90 Å². The van der Waals surface area contributed by atoms with Crippen molar-refractivity contribution in [1.29, 1.82) is 0 Å². The van der Waals surface area contributed by atoms with Gasteiger partial charge in [-0.2, -0.15) is 0 Å². The summed E-state index contributed by atoms with van der Waals surface area (Å²) in [5.41, 5.74) is 5.62. The normalized spacial score (nSPS) is 25.8. The molecule has 2 aliphatic heterocycles. The first-order chi connectivity index (χ1) is 11.7. The molecule has 4 heterocycles. The van der Waals surface area contributed by atoms with Crippen LogP contribution in [-0.2, 0) is 24.5 Å². The Bertz CT molecular complexity index is 1020. The molecule has 0 aliphatic carbocycles. The van der Waals surface area contributed by atoms with Crippen LogP contribution in [0.3, 0.4) is 0 Å². The fourth-order valence-electron chi connectivity index (χ4n) is 5.50. The quantitative estimate of drug-likeness (QED) is 0.615. The third kappa shape index (κ3) is 1.37. The summed E-state index contributed by atoms with van der Waals surface area (Å²) >= 11 is 0. The minimum atomic E-state index is -0.0877. The summed E-state index contributed by atoms with van der Waals surface area (Å²) < 4.78 is 4.58. The van der Waals surface area contributed by atoms with Gasteiger partial charge in [0.25, 0.3) is 0 Å². The second-order valence-corrected chi connectivity index (χ2v) is 8.88. The highest BCUT2D eigenvalue weighted by Gasteiger charge is 2.63.